The lowest BCUT2D eigenvalue weighted by Crippen LogP contribution is -2.39. The number of nitrogens with zero attached hydrogens (tertiary/aromatic N) is 1. The third-order valence-electron chi connectivity index (χ3n) is 3.76. The minimum Gasteiger partial charge on any atom is -0.313 e. The molecule has 1 saturated heterocycles. The summed E-state index contributed by atoms with van der Waals surface area (Å²) in [5, 5.41) is 3.59. The summed E-state index contributed by atoms with van der Waals surface area (Å²) in [5.41, 5.74) is 0. The van der Waals surface area contributed by atoms with Gasteiger partial charge in [0.1, 0.15) is 0 Å². The van der Waals surface area contributed by atoms with Gasteiger partial charge in [-0.15, -0.1) is 0 Å². The van der Waals surface area contributed by atoms with Crippen LogP contribution in [0.5, 0.6) is 0 Å². The second-order valence-corrected chi connectivity index (χ2v) is 4.83. The standard InChI is InChI=1S/C13H28N2/c1-4-12(5-2)10-15(6-3)11-13-8-7-9-14-13/h12-14H,4-11H2,1-3H3. The lowest BCUT2D eigenvalue weighted by molar-refractivity contribution is 0.216. The van der Waals surface area contributed by atoms with Gasteiger partial charge in [-0.1, -0.05) is 33.6 Å². The van der Waals surface area contributed by atoms with Crippen molar-refractivity contribution in [3.63, 3.8) is 0 Å². The first-order valence-corrected chi connectivity index (χ1v) is 6.75. The van der Waals surface area contributed by atoms with Gasteiger partial charge in [-0.2, -0.15) is 0 Å². The van der Waals surface area contributed by atoms with Crippen LogP contribution in [0.1, 0.15) is 46.5 Å². The van der Waals surface area contributed by atoms with Gasteiger partial charge in [0.15, 0.2) is 0 Å². The van der Waals surface area contributed by atoms with Crippen molar-refractivity contribution in [2.45, 2.75) is 52.5 Å². The molecule has 0 aliphatic carbocycles. The lowest BCUT2D eigenvalue weighted by atomic mass is 10.0. The van der Waals surface area contributed by atoms with Crippen LogP contribution < -0.4 is 5.32 Å². The molecule has 0 bridgehead atoms. The zero-order valence-corrected chi connectivity index (χ0v) is 10.8. The Bertz CT molecular complexity index is 145. The molecule has 1 unspecified atom stereocenters. The van der Waals surface area contributed by atoms with Crippen molar-refractivity contribution < 1.29 is 0 Å². The SMILES string of the molecule is CCC(CC)CN(CC)CC1CCCN1. The Morgan fingerprint density at radius 1 is 1.27 bits per heavy atom. The first-order valence-electron chi connectivity index (χ1n) is 6.75. The van der Waals surface area contributed by atoms with Crippen molar-refractivity contribution in [2.24, 2.45) is 5.92 Å². The van der Waals surface area contributed by atoms with E-state index in [9.17, 15) is 0 Å². The third-order valence-corrected chi connectivity index (χ3v) is 3.76. The zero-order valence-electron chi connectivity index (χ0n) is 10.8. The second-order valence-electron chi connectivity index (χ2n) is 4.83. The van der Waals surface area contributed by atoms with Crippen molar-refractivity contribution in [3.8, 4) is 0 Å². The summed E-state index contributed by atoms with van der Waals surface area (Å²) in [6.07, 6.45) is 5.39. The Balaban J connectivity index is 2.27. The molecule has 0 amide bonds. The molecule has 90 valence electrons. The molecule has 15 heavy (non-hydrogen) atoms. The number of hydrogen-bond acceptors (Lipinski definition) is 2. The maximum atomic E-state index is 3.59. The smallest absolute Gasteiger partial charge is 0.0195 e. The summed E-state index contributed by atoms with van der Waals surface area (Å²) < 4.78 is 0. The van der Waals surface area contributed by atoms with Crippen LogP contribution in [-0.2, 0) is 0 Å². The number of hydrogen-bond donors (Lipinski definition) is 1. The number of nitrogens with one attached hydrogen (secondary N) is 1. The predicted molar refractivity (Wildman–Crippen MR) is 67.2 cm³/mol. The van der Waals surface area contributed by atoms with Crippen molar-refractivity contribution in [1.29, 1.82) is 0 Å². The molecule has 1 aliphatic rings. The van der Waals surface area contributed by atoms with Crippen molar-refractivity contribution in [2.75, 3.05) is 26.2 Å². The van der Waals surface area contributed by atoms with Crippen LogP contribution in [-0.4, -0.2) is 37.1 Å². The number of likely N-dealkylation sites (N-methyl/N-ethyl adjacent to an activating group) is 1. The molecule has 1 aliphatic heterocycles. The molecule has 0 radical (unpaired) electrons. The summed E-state index contributed by atoms with van der Waals surface area (Å²) in [6.45, 7) is 11.9. The first-order chi connectivity index (χ1) is 7.30. The van der Waals surface area contributed by atoms with Gasteiger partial charge < -0.3 is 10.2 Å². The molecular weight excluding hydrogens is 184 g/mol. The molecule has 1 atom stereocenters. The lowest BCUT2D eigenvalue weighted by Gasteiger charge is -2.27. The van der Waals surface area contributed by atoms with Crippen LogP contribution in [0.2, 0.25) is 0 Å². The minimum atomic E-state index is 0.763. The molecular formula is C13H28N2. The van der Waals surface area contributed by atoms with Gasteiger partial charge in [0.25, 0.3) is 0 Å². The summed E-state index contributed by atoms with van der Waals surface area (Å²) >= 11 is 0. The van der Waals surface area contributed by atoms with Crippen LogP contribution in [0, 0.1) is 5.92 Å². The first kappa shape index (κ1) is 13.0. The average molecular weight is 212 g/mol. The fourth-order valence-electron chi connectivity index (χ4n) is 2.47. The normalized spacial score (nSPS) is 21.8. The van der Waals surface area contributed by atoms with Gasteiger partial charge in [0, 0.05) is 19.1 Å². The van der Waals surface area contributed by atoms with Crippen molar-refractivity contribution in [1.82, 2.24) is 10.2 Å². The Kier molecular flexibility index (Phi) is 6.26. The van der Waals surface area contributed by atoms with Crippen LogP contribution in [0.25, 0.3) is 0 Å². The third kappa shape index (κ3) is 4.52. The maximum absolute atomic E-state index is 3.59. The molecule has 0 saturated carbocycles. The van der Waals surface area contributed by atoms with E-state index in [2.05, 4.69) is 31.0 Å². The summed E-state index contributed by atoms with van der Waals surface area (Å²) in [4.78, 5) is 2.63. The number of rotatable bonds is 7. The van der Waals surface area contributed by atoms with Gasteiger partial charge in [0.2, 0.25) is 0 Å². The van der Waals surface area contributed by atoms with Gasteiger partial charge in [-0.25, -0.2) is 0 Å². The Morgan fingerprint density at radius 2 is 2.00 bits per heavy atom. The molecule has 0 aromatic rings. The average Bonchev–Trinajstić information content (AvgIpc) is 2.76. The van der Waals surface area contributed by atoms with Crippen molar-refractivity contribution in [3.05, 3.63) is 0 Å². The Morgan fingerprint density at radius 3 is 2.47 bits per heavy atom. The van der Waals surface area contributed by atoms with E-state index < -0.39 is 0 Å². The van der Waals surface area contributed by atoms with Crippen molar-refractivity contribution >= 4 is 0 Å². The molecule has 0 aromatic heterocycles. The van der Waals surface area contributed by atoms with E-state index in [1.165, 1.54) is 51.9 Å². The van der Waals surface area contributed by atoms with E-state index >= 15 is 0 Å². The predicted octanol–water partition coefficient (Wildman–Crippen LogP) is 2.50. The molecule has 1 fully saturated rings. The summed E-state index contributed by atoms with van der Waals surface area (Å²) in [6, 6.07) is 0.763. The maximum Gasteiger partial charge on any atom is 0.0195 e. The summed E-state index contributed by atoms with van der Waals surface area (Å²) in [7, 11) is 0. The Labute approximate surface area is 95.4 Å². The highest BCUT2D eigenvalue weighted by Crippen LogP contribution is 2.12. The highest BCUT2D eigenvalue weighted by atomic mass is 15.1. The van der Waals surface area contributed by atoms with Crippen LogP contribution in [0.15, 0.2) is 0 Å². The fraction of sp³-hybridized carbons (Fsp3) is 1.00. The molecule has 1 heterocycles. The molecule has 1 rings (SSSR count). The molecule has 2 nitrogen and oxygen atoms in total. The summed E-state index contributed by atoms with van der Waals surface area (Å²) in [5.74, 6) is 0.895. The van der Waals surface area contributed by atoms with Gasteiger partial charge in [-0.05, 0) is 31.8 Å². The largest absolute Gasteiger partial charge is 0.313 e. The molecule has 1 N–H and O–H groups in total. The van der Waals surface area contributed by atoms with Gasteiger partial charge >= 0.3 is 0 Å². The molecule has 2 heteroatoms. The zero-order chi connectivity index (χ0) is 11.1. The van der Waals surface area contributed by atoms with E-state index in [0.29, 0.717) is 0 Å². The van der Waals surface area contributed by atoms with Gasteiger partial charge in [-0.3, -0.25) is 0 Å². The van der Waals surface area contributed by atoms with E-state index in [4.69, 9.17) is 0 Å². The quantitative estimate of drug-likeness (QED) is 0.697. The topological polar surface area (TPSA) is 15.3 Å². The van der Waals surface area contributed by atoms with E-state index in [0.717, 1.165) is 12.0 Å². The van der Waals surface area contributed by atoms with Gasteiger partial charge in [0.05, 0.1) is 0 Å². The molecule has 0 aromatic carbocycles. The monoisotopic (exact) mass is 212 g/mol. The van der Waals surface area contributed by atoms with E-state index in [1.54, 1.807) is 0 Å². The van der Waals surface area contributed by atoms with Crippen LogP contribution in [0.3, 0.4) is 0 Å². The second kappa shape index (κ2) is 7.24. The fourth-order valence-corrected chi connectivity index (χ4v) is 2.47. The van der Waals surface area contributed by atoms with E-state index in [1.807, 2.05) is 0 Å². The highest BCUT2D eigenvalue weighted by molar-refractivity contribution is 4.78. The molecule has 0 spiro atoms. The minimum absolute atomic E-state index is 0.763. The highest BCUT2D eigenvalue weighted by Gasteiger charge is 2.18. The van der Waals surface area contributed by atoms with E-state index in [-0.39, 0.29) is 0 Å². The Hall–Kier alpha value is -0.0800. The van der Waals surface area contributed by atoms with Crippen LogP contribution in [0.4, 0.5) is 0 Å². The van der Waals surface area contributed by atoms with Crippen LogP contribution >= 0.6 is 0 Å².